The summed E-state index contributed by atoms with van der Waals surface area (Å²) < 4.78 is 22.8. The van der Waals surface area contributed by atoms with Crippen molar-refractivity contribution in [2.24, 2.45) is 0 Å². The first-order valence-corrected chi connectivity index (χ1v) is 10.9. The lowest BCUT2D eigenvalue weighted by atomic mass is 10.1. The maximum atomic E-state index is 12.8. The Morgan fingerprint density at radius 3 is 1.65 bits per heavy atom. The van der Waals surface area contributed by atoms with Gasteiger partial charge in [0.15, 0.2) is 12.2 Å². The van der Waals surface area contributed by atoms with E-state index < -0.39 is 42.3 Å². The summed E-state index contributed by atoms with van der Waals surface area (Å²) in [5.41, 5.74) is 1.09. The second kappa shape index (κ2) is 10.8. The molecule has 4 unspecified atom stereocenters. The van der Waals surface area contributed by atoms with Gasteiger partial charge >= 0.3 is 17.9 Å². The average molecular weight is 460 g/mol. The van der Waals surface area contributed by atoms with E-state index in [2.05, 4.69) is 0 Å². The molecule has 0 N–H and O–H groups in total. The molecule has 34 heavy (non-hydrogen) atoms. The summed E-state index contributed by atoms with van der Waals surface area (Å²) in [7, 11) is 0. The topological polar surface area (TPSA) is 88.1 Å². The number of ether oxygens (including phenoxy) is 4. The molecule has 1 fully saturated rings. The van der Waals surface area contributed by atoms with E-state index in [4.69, 9.17) is 18.9 Å². The van der Waals surface area contributed by atoms with Gasteiger partial charge in [-0.25, -0.2) is 14.4 Å². The lowest BCUT2D eigenvalue weighted by molar-refractivity contribution is -0.0671. The van der Waals surface area contributed by atoms with Gasteiger partial charge in [-0.05, 0) is 43.3 Å². The first kappa shape index (κ1) is 23.2. The Bertz CT molecular complexity index is 1120. The molecule has 7 heteroatoms. The molecule has 0 saturated carbocycles. The second-order valence-corrected chi connectivity index (χ2v) is 7.82. The Morgan fingerprint density at radius 1 is 0.706 bits per heavy atom. The zero-order valence-electron chi connectivity index (χ0n) is 18.5. The second-order valence-electron chi connectivity index (χ2n) is 7.82. The first-order valence-electron chi connectivity index (χ1n) is 10.9. The van der Waals surface area contributed by atoms with Gasteiger partial charge in [-0.15, -0.1) is 0 Å². The molecular weight excluding hydrogens is 436 g/mol. The van der Waals surface area contributed by atoms with Crippen LogP contribution in [-0.2, 0) is 18.9 Å². The van der Waals surface area contributed by atoms with Crippen LogP contribution in [0, 0.1) is 0 Å². The van der Waals surface area contributed by atoms with Gasteiger partial charge < -0.3 is 18.9 Å². The minimum Gasteiger partial charge on any atom is -0.456 e. The largest absolute Gasteiger partial charge is 0.456 e. The first-order chi connectivity index (χ1) is 16.5. The van der Waals surface area contributed by atoms with Crippen molar-refractivity contribution in [1.29, 1.82) is 0 Å². The van der Waals surface area contributed by atoms with E-state index in [-0.39, 0.29) is 6.61 Å². The van der Waals surface area contributed by atoms with Crippen LogP contribution in [-0.4, -0.2) is 48.9 Å². The van der Waals surface area contributed by atoms with E-state index >= 15 is 0 Å². The molecule has 1 saturated heterocycles. The molecule has 1 heterocycles. The van der Waals surface area contributed by atoms with Crippen LogP contribution in [0.2, 0.25) is 0 Å². The quantitative estimate of drug-likeness (QED) is 0.388. The Labute approximate surface area is 197 Å². The van der Waals surface area contributed by atoms with E-state index in [1.807, 2.05) is 0 Å². The average Bonchev–Trinajstić information content (AvgIpc) is 3.27. The summed E-state index contributed by atoms with van der Waals surface area (Å²) >= 11 is 0. The Balaban J connectivity index is 1.51. The minimum absolute atomic E-state index is 0.0107. The van der Waals surface area contributed by atoms with E-state index in [1.165, 1.54) is 0 Å². The highest BCUT2D eigenvalue weighted by Crippen LogP contribution is 2.27. The van der Waals surface area contributed by atoms with Crippen molar-refractivity contribution in [2.75, 3.05) is 6.61 Å². The third-order valence-corrected chi connectivity index (χ3v) is 5.43. The van der Waals surface area contributed by atoms with Crippen LogP contribution in [0.5, 0.6) is 0 Å². The van der Waals surface area contributed by atoms with Crippen molar-refractivity contribution in [3.63, 3.8) is 0 Å². The Hall–Kier alpha value is -3.97. The van der Waals surface area contributed by atoms with Crippen LogP contribution in [0.1, 0.15) is 38.0 Å². The fraction of sp³-hybridized carbons (Fsp3) is 0.222. The van der Waals surface area contributed by atoms with Crippen molar-refractivity contribution in [3.05, 3.63) is 108 Å². The van der Waals surface area contributed by atoms with Crippen LogP contribution < -0.4 is 0 Å². The smallest absolute Gasteiger partial charge is 0.338 e. The highest BCUT2D eigenvalue weighted by atomic mass is 16.6. The summed E-state index contributed by atoms with van der Waals surface area (Å²) in [4.78, 5) is 38.0. The molecule has 0 spiro atoms. The van der Waals surface area contributed by atoms with Crippen LogP contribution in [0.3, 0.4) is 0 Å². The minimum atomic E-state index is -0.973. The van der Waals surface area contributed by atoms with Crippen LogP contribution in [0.15, 0.2) is 91.0 Å². The van der Waals surface area contributed by atoms with Gasteiger partial charge in [-0.3, -0.25) is 0 Å². The molecule has 1 aliphatic heterocycles. The van der Waals surface area contributed by atoms with Crippen molar-refractivity contribution in [2.45, 2.75) is 31.3 Å². The third-order valence-electron chi connectivity index (χ3n) is 5.43. The van der Waals surface area contributed by atoms with Gasteiger partial charge in [0.25, 0.3) is 0 Å². The van der Waals surface area contributed by atoms with E-state index in [9.17, 15) is 14.4 Å². The monoisotopic (exact) mass is 460 g/mol. The SMILES string of the molecule is CC(OC(=O)c1ccccc1)C1OCC(OC(=O)c2ccccc2)C1OC(=O)c1ccccc1. The molecule has 0 aliphatic carbocycles. The number of carbonyl (C=O) groups excluding carboxylic acids is 3. The number of hydrogen-bond acceptors (Lipinski definition) is 7. The Morgan fingerprint density at radius 2 is 1.15 bits per heavy atom. The fourth-order valence-electron chi connectivity index (χ4n) is 3.68. The summed E-state index contributed by atoms with van der Waals surface area (Å²) in [6, 6.07) is 25.5. The van der Waals surface area contributed by atoms with Crippen molar-refractivity contribution in [3.8, 4) is 0 Å². The highest BCUT2D eigenvalue weighted by molar-refractivity contribution is 5.91. The predicted octanol–water partition coefficient (Wildman–Crippen LogP) is 4.08. The molecule has 7 nitrogen and oxygen atoms in total. The van der Waals surface area contributed by atoms with Crippen molar-refractivity contribution in [1.82, 2.24) is 0 Å². The van der Waals surface area contributed by atoms with Gasteiger partial charge in [0.1, 0.15) is 12.2 Å². The molecular formula is C27H24O7. The van der Waals surface area contributed by atoms with Gasteiger partial charge in [-0.2, -0.15) is 0 Å². The zero-order valence-corrected chi connectivity index (χ0v) is 18.5. The highest BCUT2D eigenvalue weighted by Gasteiger charge is 2.47. The lowest BCUT2D eigenvalue weighted by Gasteiger charge is -2.27. The van der Waals surface area contributed by atoms with Gasteiger partial charge in [0.05, 0.1) is 23.3 Å². The standard InChI is InChI=1S/C27H24O7/c1-18(32-25(28)19-11-5-2-6-12-19)23-24(34-27(30)21-15-9-4-10-16-21)22(17-31-23)33-26(29)20-13-7-3-8-14-20/h2-16,18,22-24H,17H2,1H3. The fourth-order valence-corrected chi connectivity index (χ4v) is 3.68. The van der Waals surface area contributed by atoms with Gasteiger partial charge in [-0.1, -0.05) is 54.6 Å². The maximum Gasteiger partial charge on any atom is 0.338 e. The Kier molecular flexibility index (Phi) is 7.34. The molecule has 0 bridgehead atoms. The summed E-state index contributed by atoms with van der Waals surface area (Å²) in [5, 5.41) is 0. The molecule has 0 radical (unpaired) electrons. The van der Waals surface area contributed by atoms with Crippen LogP contribution in [0.25, 0.3) is 0 Å². The summed E-state index contributed by atoms with van der Waals surface area (Å²) in [5.74, 6) is -1.69. The number of esters is 3. The summed E-state index contributed by atoms with van der Waals surface area (Å²) in [6.07, 6.45) is -3.45. The summed E-state index contributed by atoms with van der Waals surface area (Å²) in [6.45, 7) is 1.64. The van der Waals surface area contributed by atoms with E-state index in [1.54, 1.807) is 97.9 Å². The molecule has 1 aliphatic rings. The van der Waals surface area contributed by atoms with Crippen molar-refractivity contribution >= 4 is 17.9 Å². The molecule has 0 amide bonds. The molecule has 3 aromatic rings. The van der Waals surface area contributed by atoms with Crippen molar-refractivity contribution < 1.29 is 33.3 Å². The van der Waals surface area contributed by atoms with Gasteiger partial charge in [0, 0.05) is 0 Å². The molecule has 3 aromatic carbocycles. The lowest BCUT2D eigenvalue weighted by Crippen LogP contribution is -2.44. The van der Waals surface area contributed by atoms with E-state index in [0.29, 0.717) is 16.7 Å². The van der Waals surface area contributed by atoms with E-state index in [0.717, 1.165) is 0 Å². The number of hydrogen-bond donors (Lipinski definition) is 0. The van der Waals surface area contributed by atoms with Gasteiger partial charge in [0.2, 0.25) is 0 Å². The molecule has 4 atom stereocenters. The molecule has 0 aromatic heterocycles. The third kappa shape index (κ3) is 5.50. The molecule has 174 valence electrons. The van der Waals surface area contributed by atoms with Crippen LogP contribution >= 0.6 is 0 Å². The number of benzene rings is 3. The number of carbonyl (C=O) groups is 3. The normalized spacial score (nSPS) is 20.2. The van der Waals surface area contributed by atoms with Crippen LogP contribution in [0.4, 0.5) is 0 Å². The molecule has 4 rings (SSSR count). The zero-order chi connectivity index (χ0) is 23.9. The predicted molar refractivity (Wildman–Crippen MR) is 122 cm³/mol. The number of rotatable bonds is 7. The maximum absolute atomic E-state index is 12.8.